The standard InChI is InChI=1S/C16H15ClFN3/c1-2-8-21-15-12(17)4-3-5-14(15)20-16(21)11-9-10(18)6-7-13(11)19/h3-7,9H,2,8,19H2,1H3. The Kier molecular flexibility index (Phi) is 3.55. The lowest BCUT2D eigenvalue weighted by Gasteiger charge is -2.10. The first kappa shape index (κ1) is 13.9. The normalized spacial score (nSPS) is 11.2. The maximum Gasteiger partial charge on any atom is 0.143 e. The zero-order chi connectivity index (χ0) is 15.0. The molecule has 3 rings (SSSR count). The lowest BCUT2D eigenvalue weighted by Crippen LogP contribution is -2.02. The molecule has 0 radical (unpaired) electrons. The monoisotopic (exact) mass is 303 g/mol. The van der Waals surface area contributed by atoms with E-state index >= 15 is 0 Å². The number of imidazole rings is 1. The van der Waals surface area contributed by atoms with E-state index < -0.39 is 0 Å². The second-order valence-corrected chi connectivity index (χ2v) is 5.33. The molecular formula is C16H15ClFN3. The van der Waals surface area contributed by atoms with Crippen LogP contribution in [0.1, 0.15) is 13.3 Å². The average molecular weight is 304 g/mol. The second kappa shape index (κ2) is 5.37. The molecule has 3 nitrogen and oxygen atoms in total. The minimum absolute atomic E-state index is 0.333. The van der Waals surface area contributed by atoms with E-state index in [9.17, 15) is 4.39 Å². The highest BCUT2D eigenvalue weighted by Gasteiger charge is 2.16. The quantitative estimate of drug-likeness (QED) is 0.725. The molecule has 0 aliphatic heterocycles. The Labute approximate surface area is 127 Å². The first-order valence-electron chi connectivity index (χ1n) is 6.82. The van der Waals surface area contributed by atoms with Gasteiger partial charge in [-0.3, -0.25) is 0 Å². The number of halogens is 2. The Balaban J connectivity index is 2.34. The van der Waals surface area contributed by atoms with Crippen LogP contribution in [-0.4, -0.2) is 9.55 Å². The largest absolute Gasteiger partial charge is 0.398 e. The van der Waals surface area contributed by atoms with Gasteiger partial charge in [-0.1, -0.05) is 24.6 Å². The molecule has 0 atom stereocenters. The van der Waals surface area contributed by atoms with Gasteiger partial charge >= 0.3 is 0 Å². The third-order valence-corrected chi connectivity index (χ3v) is 3.73. The van der Waals surface area contributed by atoms with E-state index in [-0.39, 0.29) is 5.82 Å². The summed E-state index contributed by atoms with van der Waals surface area (Å²) in [5.41, 5.74) is 8.73. The summed E-state index contributed by atoms with van der Waals surface area (Å²) in [5, 5.41) is 0.634. The van der Waals surface area contributed by atoms with E-state index in [0.29, 0.717) is 22.1 Å². The van der Waals surface area contributed by atoms with Gasteiger partial charge in [-0.2, -0.15) is 0 Å². The molecule has 1 heterocycles. The molecular weight excluding hydrogens is 289 g/mol. The number of nitrogens with zero attached hydrogens (tertiary/aromatic N) is 2. The van der Waals surface area contributed by atoms with E-state index in [0.717, 1.165) is 24.0 Å². The lowest BCUT2D eigenvalue weighted by atomic mass is 10.1. The fraction of sp³-hybridized carbons (Fsp3) is 0.188. The van der Waals surface area contributed by atoms with E-state index in [4.69, 9.17) is 17.3 Å². The van der Waals surface area contributed by atoms with Crippen molar-refractivity contribution in [2.24, 2.45) is 0 Å². The van der Waals surface area contributed by atoms with Gasteiger partial charge in [-0.05, 0) is 36.8 Å². The number of hydrogen-bond donors (Lipinski definition) is 1. The molecule has 3 aromatic rings. The molecule has 21 heavy (non-hydrogen) atoms. The molecule has 0 aliphatic carbocycles. The van der Waals surface area contributed by atoms with Gasteiger partial charge in [-0.15, -0.1) is 0 Å². The summed E-state index contributed by atoms with van der Waals surface area (Å²) in [7, 11) is 0. The summed E-state index contributed by atoms with van der Waals surface area (Å²) in [6.45, 7) is 2.81. The second-order valence-electron chi connectivity index (χ2n) is 4.93. The first-order chi connectivity index (χ1) is 10.1. The van der Waals surface area contributed by atoms with Crippen LogP contribution in [0, 0.1) is 5.82 Å². The highest BCUT2D eigenvalue weighted by molar-refractivity contribution is 6.35. The Morgan fingerprint density at radius 3 is 2.86 bits per heavy atom. The van der Waals surface area contributed by atoms with Crippen LogP contribution < -0.4 is 5.73 Å². The molecule has 0 unspecified atom stereocenters. The minimum Gasteiger partial charge on any atom is -0.398 e. The first-order valence-corrected chi connectivity index (χ1v) is 7.19. The van der Waals surface area contributed by atoms with Gasteiger partial charge in [-0.25, -0.2) is 9.37 Å². The average Bonchev–Trinajstić information content (AvgIpc) is 2.82. The van der Waals surface area contributed by atoms with E-state index in [1.807, 2.05) is 22.8 Å². The number of rotatable bonds is 3. The Morgan fingerprint density at radius 2 is 2.10 bits per heavy atom. The van der Waals surface area contributed by atoms with Gasteiger partial charge in [0.15, 0.2) is 0 Å². The number of aryl methyl sites for hydroxylation is 1. The molecule has 0 spiro atoms. The molecule has 5 heteroatoms. The summed E-state index contributed by atoms with van der Waals surface area (Å²) in [4.78, 5) is 4.60. The zero-order valence-electron chi connectivity index (χ0n) is 11.6. The number of nitrogens with two attached hydrogens (primary N) is 1. The smallest absolute Gasteiger partial charge is 0.143 e. The van der Waals surface area contributed by atoms with Gasteiger partial charge in [0.25, 0.3) is 0 Å². The number of nitrogen functional groups attached to an aromatic ring is 1. The van der Waals surface area contributed by atoms with Crippen molar-refractivity contribution in [1.82, 2.24) is 9.55 Å². The molecule has 1 aromatic heterocycles. The van der Waals surface area contributed by atoms with Crippen LogP contribution in [-0.2, 0) is 6.54 Å². The van der Waals surface area contributed by atoms with Crippen molar-refractivity contribution in [2.45, 2.75) is 19.9 Å². The Hall–Kier alpha value is -2.07. The van der Waals surface area contributed by atoms with Crippen molar-refractivity contribution < 1.29 is 4.39 Å². The molecule has 0 saturated carbocycles. The van der Waals surface area contributed by atoms with Gasteiger partial charge in [0, 0.05) is 17.8 Å². The predicted molar refractivity (Wildman–Crippen MR) is 84.8 cm³/mol. The van der Waals surface area contributed by atoms with Crippen molar-refractivity contribution >= 4 is 28.3 Å². The van der Waals surface area contributed by atoms with Crippen molar-refractivity contribution in [3.63, 3.8) is 0 Å². The number of para-hydroxylation sites is 1. The van der Waals surface area contributed by atoms with Crippen LogP contribution in [0.2, 0.25) is 5.02 Å². The summed E-state index contributed by atoms with van der Waals surface area (Å²) in [6.07, 6.45) is 0.916. The molecule has 2 aromatic carbocycles. The SMILES string of the molecule is CCCn1c(-c2cc(F)ccc2N)nc2cccc(Cl)c21. The zero-order valence-corrected chi connectivity index (χ0v) is 12.4. The number of hydrogen-bond acceptors (Lipinski definition) is 2. The molecule has 0 aliphatic rings. The molecule has 0 fully saturated rings. The highest BCUT2D eigenvalue weighted by Crippen LogP contribution is 2.32. The van der Waals surface area contributed by atoms with Crippen LogP contribution in [0.25, 0.3) is 22.4 Å². The number of aromatic nitrogens is 2. The molecule has 108 valence electrons. The maximum atomic E-state index is 13.6. The van der Waals surface area contributed by atoms with Crippen molar-refractivity contribution in [3.8, 4) is 11.4 Å². The third kappa shape index (κ3) is 2.36. The van der Waals surface area contributed by atoms with Crippen LogP contribution in [0.4, 0.5) is 10.1 Å². The van der Waals surface area contributed by atoms with E-state index in [1.54, 1.807) is 6.07 Å². The number of benzene rings is 2. The molecule has 0 bridgehead atoms. The van der Waals surface area contributed by atoms with E-state index in [1.165, 1.54) is 12.1 Å². The minimum atomic E-state index is -0.333. The van der Waals surface area contributed by atoms with Crippen LogP contribution in [0.3, 0.4) is 0 Å². The molecule has 0 amide bonds. The number of anilines is 1. The van der Waals surface area contributed by atoms with Crippen molar-refractivity contribution in [3.05, 3.63) is 47.2 Å². The maximum absolute atomic E-state index is 13.6. The third-order valence-electron chi connectivity index (χ3n) is 3.42. The van der Waals surface area contributed by atoms with Crippen LogP contribution in [0.5, 0.6) is 0 Å². The van der Waals surface area contributed by atoms with Crippen LogP contribution in [0.15, 0.2) is 36.4 Å². The molecule has 0 saturated heterocycles. The summed E-state index contributed by atoms with van der Waals surface area (Å²) in [6, 6.07) is 9.90. The summed E-state index contributed by atoms with van der Waals surface area (Å²) < 4.78 is 15.6. The lowest BCUT2D eigenvalue weighted by molar-refractivity contribution is 0.628. The van der Waals surface area contributed by atoms with Gasteiger partial charge in [0.2, 0.25) is 0 Å². The highest BCUT2D eigenvalue weighted by atomic mass is 35.5. The van der Waals surface area contributed by atoms with Gasteiger partial charge in [0.1, 0.15) is 11.6 Å². The van der Waals surface area contributed by atoms with Crippen molar-refractivity contribution in [2.75, 3.05) is 5.73 Å². The van der Waals surface area contributed by atoms with Gasteiger partial charge in [0.05, 0.1) is 16.1 Å². The fourth-order valence-corrected chi connectivity index (χ4v) is 2.78. The number of fused-ring (bicyclic) bond motifs is 1. The molecule has 2 N–H and O–H groups in total. The Bertz CT molecular complexity index is 811. The fourth-order valence-electron chi connectivity index (χ4n) is 2.51. The van der Waals surface area contributed by atoms with Crippen molar-refractivity contribution in [1.29, 1.82) is 0 Å². The Morgan fingerprint density at radius 1 is 1.29 bits per heavy atom. The van der Waals surface area contributed by atoms with E-state index in [2.05, 4.69) is 11.9 Å². The van der Waals surface area contributed by atoms with Crippen LogP contribution >= 0.6 is 11.6 Å². The topological polar surface area (TPSA) is 43.8 Å². The summed E-state index contributed by atoms with van der Waals surface area (Å²) in [5.74, 6) is 0.317. The predicted octanol–water partition coefficient (Wildman–Crippen LogP) is 4.49. The van der Waals surface area contributed by atoms with Gasteiger partial charge < -0.3 is 10.3 Å². The summed E-state index contributed by atoms with van der Waals surface area (Å²) >= 11 is 6.30.